The van der Waals surface area contributed by atoms with Crippen molar-refractivity contribution in [1.82, 2.24) is 5.32 Å². The zero-order chi connectivity index (χ0) is 49.0. The number of allylic oxidation sites excluding steroid dienone is 17. The van der Waals surface area contributed by atoms with Crippen LogP contribution in [-0.4, -0.2) is 99.6 Å². The van der Waals surface area contributed by atoms with Crippen LogP contribution >= 0.6 is 0 Å². The van der Waals surface area contributed by atoms with E-state index in [0.29, 0.717) is 12.8 Å². The molecule has 380 valence electrons. The predicted octanol–water partition coefficient (Wildman–Crippen LogP) is 10.6. The van der Waals surface area contributed by atoms with Gasteiger partial charge in [0.15, 0.2) is 12.4 Å². The summed E-state index contributed by atoms with van der Waals surface area (Å²) in [5.41, 5.74) is 0. The highest BCUT2D eigenvalue weighted by Crippen LogP contribution is 2.26. The number of nitrogens with one attached hydrogen (secondary N) is 1. The van der Waals surface area contributed by atoms with Crippen molar-refractivity contribution in [1.29, 1.82) is 0 Å². The van der Waals surface area contributed by atoms with Crippen molar-refractivity contribution in [2.75, 3.05) is 13.2 Å². The van der Waals surface area contributed by atoms with Gasteiger partial charge in [-0.1, -0.05) is 214 Å². The number of amides is 1. The average Bonchev–Trinajstić information content (AvgIpc) is 3.32. The van der Waals surface area contributed by atoms with E-state index in [9.17, 15) is 35.1 Å². The van der Waals surface area contributed by atoms with E-state index >= 15 is 0 Å². The fraction of sp³-hybridized carbons (Fsp3) is 0.643. The van der Waals surface area contributed by atoms with Crippen LogP contribution in [0, 0.1) is 0 Å². The third kappa shape index (κ3) is 32.7. The molecule has 8 unspecified atom stereocenters. The molecule has 0 aromatic rings. The molecule has 11 heteroatoms. The number of carbonyl (C=O) groups excluding carboxylic acids is 2. The summed E-state index contributed by atoms with van der Waals surface area (Å²) >= 11 is 0. The number of hydrogen-bond acceptors (Lipinski definition) is 10. The number of aliphatic hydroxyl groups is 5. The van der Waals surface area contributed by atoms with E-state index in [4.69, 9.17) is 14.2 Å². The Bertz CT molecular complexity index is 1500. The lowest BCUT2D eigenvalue weighted by atomic mass is 9.99. The Hall–Kier alpha value is -3.68. The van der Waals surface area contributed by atoms with E-state index < -0.39 is 67.4 Å². The molecule has 1 fully saturated rings. The third-order valence-corrected chi connectivity index (χ3v) is 11.4. The highest BCUT2D eigenvalue weighted by molar-refractivity contribution is 5.80. The summed E-state index contributed by atoms with van der Waals surface area (Å²) < 4.78 is 17.4. The van der Waals surface area contributed by atoms with Crippen LogP contribution in [0.1, 0.15) is 168 Å². The Balaban J connectivity index is 2.84. The van der Waals surface area contributed by atoms with Crippen molar-refractivity contribution in [2.45, 2.75) is 217 Å². The van der Waals surface area contributed by atoms with E-state index in [-0.39, 0.29) is 19.4 Å². The van der Waals surface area contributed by atoms with Crippen LogP contribution in [0.3, 0.4) is 0 Å². The normalized spacial score (nSPS) is 21.0. The molecule has 0 spiro atoms. The standard InChI is InChI=1S/C56H91NO10/c1-4-7-10-13-16-19-22-24-25-26-29-32-35-38-41-44-51(61)67-54-53(63)52(62)50(45-58)66-56(54)65-46-47(48(59)42-39-36-33-30-27-21-18-15-12-9-6-3)57-55(64)49(60)43-40-37-34-31-28-23-20-17-14-11-8-5-2/h7-8,10-11,13-14,16-17,19-20,22-23,28,31,34,37,39,42,47-50,52-54,56,58-60,62-63H,4-6,9,12,15,18,21,24-27,29-30,32-33,35-36,38,40-41,43-46H2,1-3H3,(H,57,64)/b10-7+,11-8+,16-13+,17-14+,22-19+,23-20-,31-28-,37-34+,42-39+. The summed E-state index contributed by atoms with van der Waals surface area (Å²) in [6, 6.07) is -1.07. The van der Waals surface area contributed by atoms with Gasteiger partial charge >= 0.3 is 5.97 Å². The Kier molecular flexibility index (Phi) is 39.9. The first-order valence-corrected chi connectivity index (χ1v) is 25.8. The second-order valence-electron chi connectivity index (χ2n) is 17.3. The highest BCUT2D eigenvalue weighted by Gasteiger charge is 2.47. The largest absolute Gasteiger partial charge is 0.454 e. The average molecular weight is 938 g/mol. The van der Waals surface area contributed by atoms with Crippen LogP contribution in [0.25, 0.3) is 0 Å². The van der Waals surface area contributed by atoms with Crippen LogP contribution < -0.4 is 5.32 Å². The first-order chi connectivity index (χ1) is 32.7. The molecule has 1 aliphatic heterocycles. The number of esters is 1. The highest BCUT2D eigenvalue weighted by atomic mass is 16.7. The van der Waals surface area contributed by atoms with Gasteiger partial charge in [-0.05, 0) is 57.8 Å². The molecule has 1 rings (SSSR count). The minimum absolute atomic E-state index is 0.0948. The maximum atomic E-state index is 13.3. The Morgan fingerprint density at radius 1 is 0.597 bits per heavy atom. The van der Waals surface area contributed by atoms with Gasteiger partial charge in [-0.25, -0.2) is 0 Å². The van der Waals surface area contributed by atoms with Crippen LogP contribution in [0.2, 0.25) is 0 Å². The molecular weight excluding hydrogens is 847 g/mol. The summed E-state index contributed by atoms with van der Waals surface area (Å²) in [6.07, 6.45) is 47.3. The summed E-state index contributed by atoms with van der Waals surface area (Å²) in [7, 11) is 0. The number of hydrogen-bond donors (Lipinski definition) is 6. The van der Waals surface area contributed by atoms with Crippen molar-refractivity contribution >= 4 is 11.9 Å². The molecule has 6 N–H and O–H groups in total. The quantitative estimate of drug-likeness (QED) is 0.0150. The molecule has 1 saturated heterocycles. The molecule has 0 aliphatic carbocycles. The van der Waals surface area contributed by atoms with Crippen molar-refractivity contribution in [3.63, 3.8) is 0 Å². The molecule has 67 heavy (non-hydrogen) atoms. The molecule has 11 nitrogen and oxygen atoms in total. The lowest BCUT2D eigenvalue weighted by Gasteiger charge is -2.41. The Morgan fingerprint density at radius 3 is 1.61 bits per heavy atom. The summed E-state index contributed by atoms with van der Waals surface area (Å²) in [5, 5.41) is 56.4. The van der Waals surface area contributed by atoms with Crippen molar-refractivity contribution in [3.8, 4) is 0 Å². The predicted molar refractivity (Wildman–Crippen MR) is 273 cm³/mol. The maximum absolute atomic E-state index is 13.3. The van der Waals surface area contributed by atoms with Crippen LogP contribution in [0.5, 0.6) is 0 Å². The van der Waals surface area contributed by atoms with Crippen molar-refractivity contribution < 1.29 is 49.3 Å². The van der Waals surface area contributed by atoms with Gasteiger partial charge in [0, 0.05) is 6.42 Å². The molecule has 1 amide bonds. The fourth-order valence-corrected chi connectivity index (χ4v) is 7.26. The minimum atomic E-state index is -1.64. The molecule has 8 atom stereocenters. The van der Waals surface area contributed by atoms with Gasteiger partial charge < -0.3 is 45.1 Å². The second kappa shape index (κ2) is 43.6. The van der Waals surface area contributed by atoms with Gasteiger partial charge in [0.25, 0.3) is 0 Å². The Morgan fingerprint density at radius 2 is 1.07 bits per heavy atom. The minimum Gasteiger partial charge on any atom is -0.454 e. The first-order valence-electron chi connectivity index (χ1n) is 25.8. The van der Waals surface area contributed by atoms with Crippen LogP contribution in [0.4, 0.5) is 0 Å². The summed E-state index contributed by atoms with van der Waals surface area (Å²) in [5.74, 6) is -1.30. The smallest absolute Gasteiger partial charge is 0.306 e. The fourth-order valence-electron chi connectivity index (χ4n) is 7.26. The first kappa shape index (κ1) is 61.3. The topological polar surface area (TPSA) is 175 Å². The third-order valence-electron chi connectivity index (χ3n) is 11.4. The van der Waals surface area contributed by atoms with Gasteiger partial charge in [0.05, 0.1) is 25.4 Å². The summed E-state index contributed by atoms with van der Waals surface area (Å²) in [4.78, 5) is 26.3. The van der Waals surface area contributed by atoms with Gasteiger partial charge in [-0.3, -0.25) is 9.59 Å². The lowest BCUT2D eigenvalue weighted by Crippen LogP contribution is -2.61. The van der Waals surface area contributed by atoms with E-state index in [2.05, 4.69) is 56.5 Å². The van der Waals surface area contributed by atoms with Crippen molar-refractivity contribution in [3.05, 3.63) is 109 Å². The monoisotopic (exact) mass is 938 g/mol. The zero-order valence-corrected chi connectivity index (χ0v) is 41.5. The molecule has 1 aliphatic rings. The van der Waals surface area contributed by atoms with E-state index in [1.54, 1.807) is 6.08 Å². The van der Waals surface area contributed by atoms with Gasteiger partial charge in [-0.2, -0.15) is 0 Å². The van der Waals surface area contributed by atoms with Crippen LogP contribution in [-0.2, 0) is 23.8 Å². The Labute approximate surface area is 405 Å². The number of aliphatic hydroxyl groups excluding tert-OH is 5. The number of carbonyl (C=O) groups is 2. The molecular formula is C56H91NO10. The molecule has 0 radical (unpaired) electrons. The van der Waals surface area contributed by atoms with Gasteiger partial charge in [0.1, 0.15) is 24.4 Å². The lowest BCUT2D eigenvalue weighted by molar-refractivity contribution is -0.305. The number of ether oxygens (including phenoxy) is 3. The number of unbranched alkanes of at least 4 members (excludes halogenated alkanes) is 16. The number of rotatable bonds is 40. The zero-order valence-electron chi connectivity index (χ0n) is 41.5. The van der Waals surface area contributed by atoms with Crippen LogP contribution in [0.15, 0.2) is 109 Å². The van der Waals surface area contributed by atoms with E-state index in [1.807, 2.05) is 72.9 Å². The molecule has 0 saturated carbocycles. The van der Waals surface area contributed by atoms with E-state index in [1.165, 1.54) is 38.5 Å². The van der Waals surface area contributed by atoms with Gasteiger partial charge in [-0.15, -0.1) is 0 Å². The van der Waals surface area contributed by atoms with Gasteiger partial charge in [0.2, 0.25) is 5.91 Å². The van der Waals surface area contributed by atoms with Crippen molar-refractivity contribution in [2.24, 2.45) is 0 Å². The molecule has 1 heterocycles. The molecule has 0 aromatic heterocycles. The molecule has 0 aromatic carbocycles. The maximum Gasteiger partial charge on any atom is 0.306 e. The van der Waals surface area contributed by atoms with E-state index in [0.717, 1.165) is 83.5 Å². The second-order valence-corrected chi connectivity index (χ2v) is 17.3. The SMILES string of the molecule is CC/C=C/C=C/C=C\C=C/C=C/CCC(O)C(=O)NC(COC1OC(CO)C(O)C(O)C1OC(=O)CCCCCCCCC/C=C/C=C/C=C/CC)C(O)/C=C/CCCCCCCCCCC. The summed E-state index contributed by atoms with van der Waals surface area (Å²) in [6.45, 7) is 5.40. The molecule has 0 bridgehead atoms.